The maximum absolute atomic E-state index is 12.7. The molecule has 2 rings (SSSR count). The van der Waals surface area contributed by atoms with E-state index in [1.54, 1.807) is 4.57 Å². The molecule has 0 radical (unpaired) electrons. The van der Waals surface area contributed by atoms with Crippen LogP contribution in [0.2, 0.25) is 0 Å². The average Bonchev–Trinajstić information content (AvgIpc) is 2.93. The molecule has 1 aromatic carbocycles. The van der Waals surface area contributed by atoms with E-state index >= 15 is 0 Å². The van der Waals surface area contributed by atoms with E-state index in [4.69, 9.17) is 0 Å². The van der Waals surface area contributed by atoms with Crippen LogP contribution < -0.4 is 5.69 Å². The number of aromatic nitrogens is 3. The van der Waals surface area contributed by atoms with E-state index < -0.39 is 0 Å². The van der Waals surface area contributed by atoms with Crippen molar-refractivity contribution in [1.29, 1.82) is 0 Å². The van der Waals surface area contributed by atoms with Gasteiger partial charge in [-0.25, -0.2) is 9.89 Å². The minimum Gasteiger partial charge on any atom is -0.338 e. The number of hydrogen-bond donors (Lipinski definition) is 1. The minimum absolute atomic E-state index is 0.0462. The number of amides is 1. The fourth-order valence-corrected chi connectivity index (χ4v) is 3.39. The lowest BCUT2D eigenvalue weighted by molar-refractivity contribution is -0.130. The van der Waals surface area contributed by atoms with Crippen molar-refractivity contribution in [2.24, 2.45) is 0 Å². The Morgan fingerprint density at radius 2 is 2.04 bits per heavy atom. The topological polar surface area (TPSA) is 71.0 Å². The number of nitrogens with one attached hydrogen (secondary N) is 1. The molecule has 0 aliphatic heterocycles. The Hall–Kier alpha value is -2.02. The standard InChI is InChI=1S/C17H24N4O2S/c1-4-11-21-16(23)18-19-17(21)24-13(3)15(22)20(5-2)12-14-9-7-6-8-10-14/h6-10,13H,4-5,11-12H2,1-3H3,(H,18,23). The Kier molecular flexibility index (Phi) is 6.66. The first-order valence-corrected chi connectivity index (χ1v) is 9.09. The van der Waals surface area contributed by atoms with Gasteiger partial charge in [-0.05, 0) is 25.8 Å². The van der Waals surface area contributed by atoms with Crippen LogP contribution in [0, 0.1) is 0 Å². The number of aromatic amines is 1. The van der Waals surface area contributed by atoms with E-state index in [1.807, 2.05) is 56.0 Å². The summed E-state index contributed by atoms with van der Waals surface area (Å²) in [4.78, 5) is 26.3. The summed E-state index contributed by atoms with van der Waals surface area (Å²) in [5, 5.41) is 6.77. The van der Waals surface area contributed by atoms with Gasteiger partial charge in [-0.2, -0.15) is 0 Å². The van der Waals surface area contributed by atoms with Gasteiger partial charge in [0.15, 0.2) is 5.16 Å². The fraction of sp³-hybridized carbons (Fsp3) is 0.471. The predicted molar refractivity (Wildman–Crippen MR) is 96.0 cm³/mol. The molecule has 1 aromatic heterocycles. The van der Waals surface area contributed by atoms with E-state index in [1.165, 1.54) is 11.8 Å². The summed E-state index contributed by atoms with van der Waals surface area (Å²) >= 11 is 1.32. The zero-order valence-corrected chi connectivity index (χ0v) is 15.2. The van der Waals surface area contributed by atoms with Crippen LogP contribution in [0.25, 0.3) is 0 Å². The summed E-state index contributed by atoms with van der Waals surface area (Å²) in [6.45, 7) is 7.65. The molecule has 130 valence electrons. The van der Waals surface area contributed by atoms with Gasteiger partial charge < -0.3 is 4.90 Å². The molecule has 0 aliphatic carbocycles. The molecule has 1 N–H and O–H groups in total. The molecule has 0 bridgehead atoms. The van der Waals surface area contributed by atoms with Crippen molar-refractivity contribution in [2.45, 2.75) is 50.7 Å². The Balaban J connectivity index is 2.06. The highest BCUT2D eigenvalue weighted by Gasteiger charge is 2.23. The number of H-pyrrole nitrogens is 1. The van der Waals surface area contributed by atoms with Gasteiger partial charge in [0, 0.05) is 19.6 Å². The summed E-state index contributed by atoms with van der Waals surface area (Å²) in [6, 6.07) is 9.93. The van der Waals surface area contributed by atoms with Gasteiger partial charge in [0.25, 0.3) is 0 Å². The van der Waals surface area contributed by atoms with Crippen molar-refractivity contribution in [3.63, 3.8) is 0 Å². The normalized spacial score (nSPS) is 12.1. The molecule has 1 unspecified atom stereocenters. The molecule has 2 aromatic rings. The maximum atomic E-state index is 12.7. The summed E-state index contributed by atoms with van der Waals surface area (Å²) < 4.78 is 1.59. The molecule has 1 atom stereocenters. The lowest BCUT2D eigenvalue weighted by Gasteiger charge is -2.24. The van der Waals surface area contributed by atoms with Crippen LogP contribution in [-0.2, 0) is 17.9 Å². The van der Waals surface area contributed by atoms with Crippen molar-refractivity contribution < 1.29 is 4.79 Å². The van der Waals surface area contributed by atoms with E-state index in [0.717, 1.165) is 12.0 Å². The van der Waals surface area contributed by atoms with Gasteiger partial charge in [0.2, 0.25) is 5.91 Å². The molecule has 0 saturated carbocycles. The third-order valence-electron chi connectivity index (χ3n) is 3.71. The van der Waals surface area contributed by atoms with Gasteiger partial charge in [-0.1, -0.05) is 49.0 Å². The van der Waals surface area contributed by atoms with Gasteiger partial charge in [-0.15, -0.1) is 5.10 Å². The van der Waals surface area contributed by atoms with Crippen LogP contribution in [0.3, 0.4) is 0 Å². The van der Waals surface area contributed by atoms with Crippen molar-refractivity contribution in [2.75, 3.05) is 6.54 Å². The number of hydrogen-bond acceptors (Lipinski definition) is 4. The first-order valence-electron chi connectivity index (χ1n) is 8.21. The van der Waals surface area contributed by atoms with Gasteiger partial charge >= 0.3 is 5.69 Å². The van der Waals surface area contributed by atoms with Gasteiger partial charge in [-0.3, -0.25) is 9.36 Å². The van der Waals surface area contributed by atoms with Crippen molar-refractivity contribution >= 4 is 17.7 Å². The number of thioether (sulfide) groups is 1. The zero-order valence-electron chi connectivity index (χ0n) is 14.4. The van der Waals surface area contributed by atoms with Crippen molar-refractivity contribution in [3.05, 3.63) is 46.4 Å². The van der Waals surface area contributed by atoms with Crippen LogP contribution in [0.5, 0.6) is 0 Å². The average molecular weight is 348 g/mol. The summed E-state index contributed by atoms with van der Waals surface area (Å²) in [5.41, 5.74) is 0.878. The number of rotatable bonds is 8. The van der Waals surface area contributed by atoms with Crippen molar-refractivity contribution in [1.82, 2.24) is 19.7 Å². The molecule has 7 heteroatoms. The number of nitrogens with zero attached hydrogens (tertiary/aromatic N) is 3. The second-order valence-electron chi connectivity index (χ2n) is 5.56. The van der Waals surface area contributed by atoms with Crippen LogP contribution in [0.15, 0.2) is 40.3 Å². The Labute approximate surface area is 146 Å². The molecular weight excluding hydrogens is 324 g/mol. The molecular formula is C17H24N4O2S. The Morgan fingerprint density at radius 3 is 2.67 bits per heavy atom. The minimum atomic E-state index is -0.306. The summed E-state index contributed by atoms with van der Waals surface area (Å²) in [5.74, 6) is 0.0462. The highest BCUT2D eigenvalue weighted by atomic mass is 32.2. The third kappa shape index (κ3) is 4.50. The van der Waals surface area contributed by atoms with Crippen LogP contribution in [0.4, 0.5) is 0 Å². The lowest BCUT2D eigenvalue weighted by atomic mass is 10.2. The van der Waals surface area contributed by atoms with E-state index in [0.29, 0.717) is 24.8 Å². The predicted octanol–water partition coefficient (Wildman–Crippen LogP) is 2.51. The second kappa shape index (κ2) is 8.73. The SMILES string of the molecule is CCCn1c(SC(C)C(=O)N(CC)Cc2ccccc2)n[nH]c1=O. The maximum Gasteiger partial charge on any atom is 0.343 e. The Bertz CT molecular complexity index is 711. The quantitative estimate of drug-likeness (QED) is 0.744. The van der Waals surface area contributed by atoms with Gasteiger partial charge in [0.05, 0.1) is 5.25 Å². The zero-order chi connectivity index (χ0) is 17.5. The molecule has 0 spiro atoms. The van der Waals surface area contributed by atoms with Crippen molar-refractivity contribution in [3.8, 4) is 0 Å². The number of benzene rings is 1. The number of carbonyl (C=O) groups is 1. The van der Waals surface area contributed by atoms with Crippen LogP contribution >= 0.6 is 11.8 Å². The molecule has 0 aliphatic rings. The van der Waals surface area contributed by atoms with E-state index in [-0.39, 0.29) is 16.8 Å². The molecule has 1 heterocycles. The largest absolute Gasteiger partial charge is 0.343 e. The van der Waals surface area contributed by atoms with E-state index in [9.17, 15) is 9.59 Å². The summed E-state index contributed by atoms with van der Waals surface area (Å²) in [7, 11) is 0. The van der Waals surface area contributed by atoms with Gasteiger partial charge in [0.1, 0.15) is 0 Å². The smallest absolute Gasteiger partial charge is 0.338 e. The Morgan fingerprint density at radius 1 is 1.33 bits per heavy atom. The van der Waals surface area contributed by atoms with E-state index in [2.05, 4.69) is 10.2 Å². The van der Waals surface area contributed by atoms with Crippen LogP contribution in [-0.4, -0.2) is 37.4 Å². The first-order chi connectivity index (χ1) is 11.6. The number of carbonyl (C=O) groups excluding carboxylic acids is 1. The fourth-order valence-electron chi connectivity index (χ4n) is 2.43. The first kappa shape index (κ1) is 18.3. The molecule has 0 saturated heterocycles. The molecule has 6 nitrogen and oxygen atoms in total. The highest BCUT2D eigenvalue weighted by Crippen LogP contribution is 2.22. The molecule has 24 heavy (non-hydrogen) atoms. The third-order valence-corrected chi connectivity index (χ3v) is 4.79. The molecule has 1 amide bonds. The van der Waals surface area contributed by atoms with Crippen LogP contribution in [0.1, 0.15) is 32.8 Å². The monoisotopic (exact) mass is 348 g/mol. The second-order valence-corrected chi connectivity index (χ2v) is 6.87. The molecule has 0 fully saturated rings. The summed E-state index contributed by atoms with van der Waals surface area (Å²) in [6.07, 6.45) is 0.838. The highest BCUT2D eigenvalue weighted by molar-refractivity contribution is 8.00. The lowest BCUT2D eigenvalue weighted by Crippen LogP contribution is -2.36.